The molecule has 110 valence electrons. The Balaban J connectivity index is 0.000000217. The number of carbonyl (C=O) groups excluding carboxylic acids is 3. The van der Waals surface area contributed by atoms with Crippen molar-refractivity contribution >= 4 is 23.7 Å². The van der Waals surface area contributed by atoms with Gasteiger partial charge in [-0.25, -0.2) is 0 Å². The van der Waals surface area contributed by atoms with Gasteiger partial charge in [0.15, 0.2) is 0 Å². The van der Waals surface area contributed by atoms with Gasteiger partial charge in [-0.2, -0.15) is 0 Å². The summed E-state index contributed by atoms with van der Waals surface area (Å²) in [6.07, 6.45) is 3.51. The van der Waals surface area contributed by atoms with Gasteiger partial charge >= 0.3 is 5.97 Å². The van der Waals surface area contributed by atoms with Crippen molar-refractivity contribution in [2.24, 2.45) is 0 Å². The Bertz CT molecular complexity index is 404. The van der Waals surface area contributed by atoms with Gasteiger partial charge < -0.3 is 15.2 Å². The zero-order valence-electron chi connectivity index (χ0n) is 10.8. The zero-order chi connectivity index (χ0) is 15.0. The summed E-state index contributed by atoms with van der Waals surface area (Å²) in [5, 5.41) is 10.9. The molecule has 0 spiro atoms. The van der Waals surface area contributed by atoms with Gasteiger partial charge in [0.25, 0.3) is 11.8 Å². The summed E-state index contributed by atoms with van der Waals surface area (Å²) in [6.45, 7) is 1.04. The van der Waals surface area contributed by atoms with Crippen molar-refractivity contribution in [3.05, 3.63) is 12.2 Å². The van der Waals surface area contributed by atoms with E-state index in [-0.39, 0.29) is 18.9 Å². The average Bonchev–Trinajstić information content (AvgIpc) is 2.58. The highest BCUT2D eigenvalue weighted by Gasteiger charge is 2.23. The third-order valence-corrected chi connectivity index (χ3v) is 2.51. The van der Waals surface area contributed by atoms with E-state index in [4.69, 9.17) is 9.84 Å². The molecule has 0 saturated carbocycles. The standard InChI is InChI=1S/C7H7NO4.C5H9NO2/c9-5-1-2-6(10)8(5)4-3-7(11)12;7-5-2-1-3-8-4-6-5/h1-2H,3-4H2,(H,11,12);1-4H2,(H,6,7). The molecule has 8 heteroatoms. The Morgan fingerprint density at radius 3 is 2.55 bits per heavy atom. The Morgan fingerprint density at radius 1 is 1.30 bits per heavy atom. The summed E-state index contributed by atoms with van der Waals surface area (Å²) >= 11 is 0. The van der Waals surface area contributed by atoms with Crippen molar-refractivity contribution in [1.82, 2.24) is 10.2 Å². The molecule has 8 nitrogen and oxygen atoms in total. The fourth-order valence-corrected chi connectivity index (χ4v) is 1.49. The van der Waals surface area contributed by atoms with E-state index in [9.17, 15) is 19.2 Å². The van der Waals surface area contributed by atoms with Crippen LogP contribution in [0.5, 0.6) is 0 Å². The van der Waals surface area contributed by atoms with Crippen LogP contribution in [0.4, 0.5) is 0 Å². The van der Waals surface area contributed by atoms with Crippen LogP contribution >= 0.6 is 0 Å². The van der Waals surface area contributed by atoms with Crippen LogP contribution in [0, 0.1) is 0 Å². The van der Waals surface area contributed by atoms with Crippen LogP contribution in [0.25, 0.3) is 0 Å². The predicted molar refractivity (Wildman–Crippen MR) is 66.3 cm³/mol. The van der Waals surface area contributed by atoms with Crippen molar-refractivity contribution in [1.29, 1.82) is 0 Å². The molecule has 2 heterocycles. The topological polar surface area (TPSA) is 113 Å². The quantitative estimate of drug-likeness (QED) is 0.660. The van der Waals surface area contributed by atoms with Gasteiger partial charge in [0.1, 0.15) is 6.73 Å². The van der Waals surface area contributed by atoms with E-state index in [0.717, 1.165) is 23.5 Å². The number of rotatable bonds is 3. The first-order valence-corrected chi connectivity index (χ1v) is 6.10. The second-order valence-corrected chi connectivity index (χ2v) is 4.06. The average molecular weight is 284 g/mol. The SMILES string of the molecule is O=C(O)CCN1C(=O)C=CC1=O.O=C1CCCOCN1. The first-order valence-electron chi connectivity index (χ1n) is 6.10. The highest BCUT2D eigenvalue weighted by molar-refractivity contribution is 6.12. The highest BCUT2D eigenvalue weighted by atomic mass is 16.5. The van der Waals surface area contributed by atoms with Crippen LogP contribution in [0.1, 0.15) is 19.3 Å². The molecular weight excluding hydrogens is 268 g/mol. The number of hydrogen-bond acceptors (Lipinski definition) is 5. The second kappa shape index (κ2) is 8.05. The molecule has 3 amide bonds. The van der Waals surface area contributed by atoms with Crippen LogP contribution in [-0.2, 0) is 23.9 Å². The number of nitrogens with one attached hydrogen (secondary N) is 1. The Labute approximate surface area is 115 Å². The molecule has 20 heavy (non-hydrogen) atoms. The van der Waals surface area contributed by atoms with Crippen LogP contribution in [-0.4, -0.2) is 53.6 Å². The van der Waals surface area contributed by atoms with Crippen LogP contribution < -0.4 is 5.32 Å². The van der Waals surface area contributed by atoms with E-state index in [1.165, 1.54) is 0 Å². The molecule has 2 N–H and O–H groups in total. The molecule has 0 radical (unpaired) electrons. The minimum atomic E-state index is -1.03. The van der Waals surface area contributed by atoms with Crippen LogP contribution in [0.15, 0.2) is 12.2 Å². The van der Waals surface area contributed by atoms with Gasteiger partial charge in [0, 0.05) is 31.7 Å². The largest absolute Gasteiger partial charge is 0.481 e. The Morgan fingerprint density at radius 2 is 1.95 bits per heavy atom. The summed E-state index contributed by atoms with van der Waals surface area (Å²) in [5.41, 5.74) is 0. The number of imide groups is 1. The third-order valence-electron chi connectivity index (χ3n) is 2.51. The molecule has 2 aliphatic rings. The molecule has 0 aliphatic carbocycles. The van der Waals surface area contributed by atoms with Crippen LogP contribution in [0.3, 0.4) is 0 Å². The number of ether oxygens (including phenoxy) is 1. The van der Waals surface area contributed by atoms with Gasteiger partial charge in [0.2, 0.25) is 5.91 Å². The molecular formula is C12H16N2O6. The maximum absolute atomic E-state index is 10.8. The minimum Gasteiger partial charge on any atom is -0.481 e. The zero-order valence-corrected chi connectivity index (χ0v) is 10.8. The van der Waals surface area contributed by atoms with E-state index < -0.39 is 17.8 Å². The van der Waals surface area contributed by atoms with Crippen molar-refractivity contribution in [3.63, 3.8) is 0 Å². The molecule has 0 aromatic rings. The van der Waals surface area contributed by atoms with Crippen LogP contribution in [0.2, 0.25) is 0 Å². The molecule has 1 fully saturated rings. The van der Waals surface area contributed by atoms with E-state index in [0.29, 0.717) is 19.8 Å². The van der Waals surface area contributed by atoms with E-state index in [1.54, 1.807) is 0 Å². The fraction of sp³-hybridized carbons (Fsp3) is 0.500. The number of carboxylic acid groups (broad SMARTS) is 1. The maximum Gasteiger partial charge on any atom is 0.305 e. The summed E-state index contributed by atoms with van der Waals surface area (Å²) in [5.74, 6) is -1.81. The lowest BCUT2D eigenvalue weighted by atomic mass is 10.3. The Hall–Kier alpha value is -2.22. The van der Waals surface area contributed by atoms with Crippen molar-refractivity contribution < 1.29 is 29.0 Å². The molecule has 2 rings (SSSR count). The smallest absolute Gasteiger partial charge is 0.305 e. The number of hydrogen-bond donors (Lipinski definition) is 2. The van der Waals surface area contributed by atoms with Gasteiger partial charge in [-0.3, -0.25) is 24.1 Å². The van der Waals surface area contributed by atoms with Crippen molar-refractivity contribution in [3.8, 4) is 0 Å². The van der Waals surface area contributed by atoms with E-state index in [2.05, 4.69) is 5.32 Å². The highest BCUT2D eigenvalue weighted by Crippen LogP contribution is 2.03. The molecule has 2 aliphatic heterocycles. The van der Waals surface area contributed by atoms with E-state index in [1.807, 2.05) is 0 Å². The Kier molecular flexibility index (Phi) is 6.38. The number of aliphatic carboxylic acids is 1. The summed E-state index contributed by atoms with van der Waals surface area (Å²) in [7, 11) is 0. The molecule has 0 aromatic carbocycles. The maximum atomic E-state index is 10.8. The normalized spacial score (nSPS) is 18.2. The number of carboxylic acids is 1. The van der Waals surface area contributed by atoms with Crippen molar-refractivity contribution in [2.75, 3.05) is 19.9 Å². The second-order valence-electron chi connectivity index (χ2n) is 4.06. The molecule has 0 unspecified atom stereocenters. The lowest BCUT2D eigenvalue weighted by molar-refractivity contribution is -0.140. The van der Waals surface area contributed by atoms with E-state index >= 15 is 0 Å². The summed E-state index contributed by atoms with van der Waals surface area (Å²) in [4.78, 5) is 43.1. The van der Waals surface area contributed by atoms with Gasteiger partial charge in [-0.05, 0) is 6.42 Å². The predicted octanol–water partition coefficient (Wildman–Crippen LogP) is -0.743. The van der Waals surface area contributed by atoms with Gasteiger partial charge in [0.05, 0.1) is 6.42 Å². The molecule has 1 saturated heterocycles. The molecule has 0 atom stereocenters. The van der Waals surface area contributed by atoms with Gasteiger partial charge in [-0.1, -0.05) is 0 Å². The number of amides is 3. The monoisotopic (exact) mass is 284 g/mol. The van der Waals surface area contributed by atoms with Crippen molar-refractivity contribution in [2.45, 2.75) is 19.3 Å². The first-order chi connectivity index (χ1) is 9.50. The summed E-state index contributed by atoms with van der Waals surface area (Å²) < 4.78 is 4.93. The molecule has 0 bridgehead atoms. The molecule has 0 aromatic heterocycles. The number of nitrogens with zero attached hydrogens (tertiary/aromatic N) is 1. The lowest BCUT2D eigenvalue weighted by Gasteiger charge is -2.10. The summed E-state index contributed by atoms with van der Waals surface area (Å²) in [6, 6.07) is 0. The lowest BCUT2D eigenvalue weighted by Crippen LogP contribution is -2.31. The van der Waals surface area contributed by atoms with Gasteiger partial charge in [-0.15, -0.1) is 0 Å². The number of carbonyl (C=O) groups is 4. The fourth-order valence-electron chi connectivity index (χ4n) is 1.49. The minimum absolute atomic E-state index is 0.0556. The third kappa shape index (κ3) is 5.61. The first kappa shape index (κ1) is 15.8.